The normalized spacial score (nSPS) is 18.0. The largest absolute Gasteiger partial charge is 0.358 e. The van der Waals surface area contributed by atoms with Crippen molar-refractivity contribution in [3.63, 3.8) is 0 Å². The number of anilines is 2. The van der Waals surface area contributed by atoms with E-state index in [0.29, 0.717) is 24.5 Å². The fourth-order valence-corrected chi connectivity index (χ4v) is 3.76. The zero-order chi connectivity index (χ0) is 21.5. The zero-order valence-electron chi connectivity index (χ0n) is 17.7. The number of pyridine rings is 1. The predicted octanol–water partition coefficient (Wildman–Crippen LogP) is -1.31. The van der Waals surface area contributed by atoms with E-state index in [0.717, 1.165) is 58.2 Å². The molecule has 0 bridgehead atoms. The molecule has 2 fully saturated rings. The molecule has 2 amide bonds. The molecular formula is C20H30N8O2. The Bertz CT molecular complexity index is 792. The van der Waals surface area contributed by atoms with Gasteiger partial charge in [0.2, 0.25) is 11.8 Å². The Kier molecular flexibility index (Phi) is 7.43. The van der Waals surface area contributed by atoms with Gasteiger partial charge in [0.15, 0.2) is 0 Å². The number of hydrogen-bond donors (Lipinski definition) is 2. The lowest BCUT2D eigenvalue weighted by Gasteiger charge is -2.37. The van der Waals surface area contributed by atoms with Crippen molar-refractivity contribution in [2.24, 2.45) is 0 Å². The molecule has 1 aromatic heterocycles. The Morgan fingerprint density at radius 2 is 1.40 bits per heavy atom. The first-order valence-corrected chi connectivity index (χ1v) is 10.3. The summed E-state index contributed by atoms with van der Waals surface area (Å²) in [6.07, 6.45) is 0. The lowest BCUT2D eigenvalue weighted by Crippen LogP contribution is -2.50. The van der Waals surface area contributed by atoms with Gasteiger partial charge in [0, 0.05) is 66.5 Å². The van der Waals surface area contributed by atoms with Crippen molar-refractivity contribution in [3.05, 3.63) is 17.7 Å². The van der Waals surface area contributed by atoms with E-state index in [4.69, 9.17) is 4.98 Å². The minimum atomic E-state index is 0.0110. The van der Waals surface area contributed by atoms with Crippen molar-refractivity contribution in [1.82, 2.24) is 25.4 Å². The Labute approximate surface area is 177 Å². The maximum atomic E-state index is 11.6. The second-order valence-corrected chi connectivity index (χ2v) is 7.53. The second-order valence-electron chi connectivity index (χ2n) is 7.53. The summed E-state index contributed by atoms with van der Waals surface area (Å²) >= 11 is 0. The highest BCUT2D eigenvalue weighted by Crippen LogP contribution is 2.24. The van der Waals surface area contributed by atoms with Gasteiger partial charge in [0.05, 0.1) is 18.7 Å². The molecule has 3 rings (SSSR count). The number of aromatic nitrogens is 1. The summed E-state index contributed by atoms with van der Waals surface area (Å²) in [5, 5.41) is 14.9. The quantitative estimate of drug-likeness (QED) is 0.591. The average Bonchev–Trinajstić information content (AvgIpc) is 2.79. The summed E-state index contributed by atoms with van der Waals surface area (Å²) in [7, 11) is 3.30. The molecule has 0 unspecified atom stereocenters. The first-order valence-electron chi connectivity index (χ1n) is 10.3. The first-order chi connectivity index (χ1) is 14.5. The molecule has 0 spiro atoms. The predicted molar refractivity (Wildman–Crippen MR) is 114 cm³/mol. The second kappa shape index (κ2) is 10.2. The van der Waals surface area contributed by atoms with Gasteiger partial charge in [0.25, 0.3) is 0 Å². The summed E-state index contributed by atoms with van der Waals surface area (Å²) < 4.78 is 0. The van der Waals surface area contributed by atoms with E-state index in [1.54, 1.807) is 14.1 Å². The highest BCUT2D eigenvalue weighted by atomic mass is 16.2. The van der Waals surface area contributed by atoms with Crippen LogP contribution in [0.15, 0.2) is 12.1 Å². The average molecular weight is 415 g/mol. The van der Waals surface area contributed by atoms with E-state index in [-0.39, 0.29) is 11.8 Å². The summed E-state index contributed by atoms with van der Waals surface area (Å²) in [5.41, 5.74) is 0.566. The van der Waals surface area contributed by atoms with Crippen molar-refractivity contribution >= 4 is 23.5 Å². The fourth-order valence-electron chi connectivity index (χ4n) is 3.76. The SMILES string of the molecule is CNC(=O)CN1CCN(c2ccc(C#N)c(N3CCN(CC(=O)NC)CC3)n2)CC1. The van der Waals surface area contributed by atoms with Gasteiger partial charge in [-0.25, -0.2) is 4.98 Å². The molecule has 2 aliphatic rings. The number of nitrogens with zero attached hydrogens (tertiary/aromatic N) is 6. The number of carbonyl (C=O) groups excluding carboxylic acids is 2. The van der Waals surface area contributed by atoms with Gasteiger partial charge in [-0.2, -0.15) is 5.26 Å². The third-order valence-electron chi connectivity index (χ3n) is 5.64. The van der Waals surface area contributed by atoms with Gasteiger partial charge < -0.3 is 20.4 Å². The summed E-state index contributed by atoms with van der Waals surface area (Å²) in [4.78, 5) is 36.6. The van der Waals surface area contributed by atoms with Crippen LogP contribution in [-0.2, 0) is 9.59 Å². The van der Waals surface area contributed by atoms with Crippen LogP contribution in [0.4, 0.5) is 11.6 Å². The smallest absolute Gasteiger partial charge is 0.233 e. The topological polar surface area (TPSA) is 108 Å². The molecular weight excluding hydrogens is 384 g/mol. The van der Waals surface area contributed by atoms with Crippen LogP contribution in [0.5, 0.6) is 0 Å². The standard InChI is InChI=1S/C20H30N8O2/c1-22-18(29)14-25-5-9-27(10-6-25)17-4-3-16(13-21)20(24-17)28-11-7-26(8-12-28)15-19(30)23-2/h3-4H,5-12,14-15H2,1-2H3,(H,22,29)(H,23,30). The molecule has 1 aromatic rings. The van der Waals surface area contributed by atoms with Crippen LogP contribution in [0, 0.1) is 11.3 Å². The molecule has 0 aliphatic carbocycles. The molecule has 2 saturated heterocycles. The lowest BCUT2D eigenvalue weighted by atomic mass is 10.2. The van der Waals surface area contributed by atoms with Crippen LogP contribution in [0.25, 0.3) is 0 Å². The van der Waals surface area contributed by atoms with Crippen LogP contribution >= 0.6 is 0 Å². The molecule has 10 nitrogen and oxygen atoms in total. The molecule has 0 aromatic carbocycles. The van der Waals surface area contributed by atoms with Gasteiger partial charge in [-0.15, -0.1) is 0 Å². The van der Waals surface area contributed by atoms with Crippen molar-refractivity contribution in [2.45, 2.75) is 0 Å². The molecule has 10 heteroatoms. The summed E-state index contributed by atoms with van der Waals surface area (Å²) in [5.74, 6) is 1.61. The van der Waals surface area contributed by atoms with Crippen molar-refractivity contribution in [3.8, 4) is 6.07 Å². The number of hydrogen-bond acceptors (Lipinski definition) is 8. The number of nitrogens with one attached hydrogen (secondary N) is 2. The van der Waals surface area contributed by atoms with Gasteiger partial charge >= 0.3 is 0 Å². The van der Waals surface area contributed by atoms with Crippen LogP contribution < -0.4 is 20.4 Å². The summed E-state index contributed by atoms with van der Waals surface area (Å²) in [6, 6.07) is 6.00. The third-order valence-corrected chi connectivity index (χ3v) is 5.64. The molecule has 0 saturated carbocycles. The van der Waals surface area contributed by atoms with E-state index in [2.05, 4.69) is 36.3 Å². The Balaban J connectivity index is 1.63. The Hall–Kier alpha value is -2.90. The van der Waals surface area contributed by atoms with E-state index in [1.807, 2.05) is 12.1 Å². The van der Waals surface area contributed by atoms with Crippen molar-refractivity contribution < 1.29 is 9.59 Å². The number of amides is 2. The van der Waals surface area contributed by atoms with Crippen LogP contribution in [0.3, 0.4) is 0 Å². The first kappa shape index (κ1) is 21.8. The van der Waals surface area contributed by atoms with Gasteiger partial charge in [-0.3, -0.25) is 19.4 Å². The number of nitriles is 1. The molecule has 30 heavy (non-hydrogen) atoms. The molecule has 0 atom stereocenters. The Morgan fingerprint density at radius 3 is 1.87 bits per heavy atom. The van der Waals surface area contributed by atoms with Gasteiger partial charge in [-0.1, -0.05) is 0 Å². The minimum absolute atomic E-state index is 0.0110. The highest BCUT2D eigenvalue weighted by molar-refractivity contribution is 5.78. The maximum absolute atomic E-state index is 11.6. The van der Waals surface area contributed by atoms with E-state index >= 15 is 0 Å². The van der Waals surface area contributed by atoms with Crippen LogP contribution in [0.1, 0.15) is 5.56 Å². The van der Waals surface area contributed by atoms with Gasteiger partial charge in [-0.05, 0) is 12.1 Å². The fraction of sp³-hybridized carbons (Fsp3) is 0.600. The highest BCUT2D eigenvalue weighted by Gasteiger charge is 2.24. The number of piperazine rings is 2. The molecule has 2 aliphatic heterocycles. The van der Waals surface area contributed by atoms with Crippen molar-refractivity contribution in [1.29, 1.82) is 5.26 Å². The number of rotatable bonds is 6. The monoisotopic (exact) mass is 414 g/mol. The molecule has 3 heterocycles. The molecule has 162 valence electrons. The zero-order valence-corrected chi connectivity index (χ0v) is 17.7. The van der Waals surface area contributed by atoms with Crippen molar-refractivity contribution in [2.75, 3.05) is 89.3 Å². The summed E-state index contributed by atoms with van der Waals surface area (Å²) in [6.45, 7) is 6.92. The number of likely N-dealkylation sites (N-methyl/N-ethyl adjacent to an activating group) is 2. The van der Waals surface area contributed by atoms with E-state index in [1.165, 1.54) is 0 Å². The van der Waals surface area contributed by atoms with E-state index in [9.17, 15) is 14.9 Å². The minimum Gasteiger partial charge on any atom is -0.358 e. The molecule has 0 radical (unpaired) electrons. The maximum Gasteiger partial charge on any atom is 0.233 e. The third kappa shape index (κ3) is 5.37. The van der Waals surface area contributed by atoms with Crippen LogP contribution in [-0.4, -0.2) is 106 Å². The lowest BCUT2D eigenvalue weighted by molar-refractivity contribution is -0.122. The molecule has 2 N–H and O–H groups in total. The number of carbonyl (C=O) groups is 2. The van der Waals surface area contributed by atoms with Gasteiger partial charge in [0.1, 0.15) is 17.7 Å². The Morgan fingerprint density at radius 1 is 0.900 bits per heavy atom. The van der Waals surface area contributed by atoms with Crippen LogP contribution in [0.2, 0.25) is 0 Å². The van der Waals surface area contributed by atoms with E-state index < -0.39 is 0 Å².